The van der Waals surface area contributed by atoms with Gasteiger partial charge in [0, 0.05) is 12.6 Å². The van der Waals surface area contributed by atoms with Crippen molar-refractivity contribution in [3.63, 3.8) is 0 Å². The normalized spacial score (nSPS) is 10.3. The standard InChI is InChI=1S/C22H24N4O3/c1-15-4-9-20(29-3)18(12-15)26-21-13-19(24-14-25-21)22(27)23-11-10-16-5-7-17(28-2)8-6-16/h4-9,12-14H,10-11H2,1-3H3,(H,23,27)(H,24,25,26). The fraction of sp³-hybridized carbons (Fsp3) is 0.227. The van der Waals surface area contributed by atoms with Gasteiger partial charge in [-0.2, -0.15) is 0 Å². The van der Waals surface area contributed by atoms with E-state index in [0.717, 1.165) is 22.6 Å². The maximum absolute atomic E-state index is 12.4. The first-order valence-corrected chi connectivity index (χ1v) is 9.24. The molecular formula is C22H24N4O3. The number of amides is 1. The highest BCUT2D eigenvalue weighted by atomic mass is 16.5. The summed E-state index contributed by atoms with van der Waals surface area (Å²) in [5, 5.41) is 6.07. The smallest absolute Gasteiger partial charge is 0.270 e. The van der Waals surface area contributed by atoms with E-state index in [4.69, 9.17) is 9.47 Å². The number of carbonyl (C=O) groups is 1. The molecule has 2 N–H and O–H groups in total. The minimum atomic E-state index is -0.250. The van der Waals surface area contributed by atoms with Crippen LogP contribution < -0.4 is 20.1 Å². The van der Waals surface area contributed by atoms with E-state index in [9.17, 15) is 4.79 Å². The maximum atomic E-state index is 12.4. The highest BCUT2D eigenvalue weighted by Gasteiger charge is 2.10. The van der Waals surface area contributed by atoms with Crippen molar-refractivity contribution in [1.29, 1.82) is 0 Å². The van der Waals surface area contributed by atoms with Crippen LogP contribution in [0.1, 0.15) is 21.6 Å². The molecule has 7 nitrogen and oxygen atoms in total. The monoisotopic (exact) mass is 392 g/mol. The van der Waals surface area contributed by atoms with Gasteiger partial charge in [-0.25, -0.2) is 9.97 Å². The summed E-state index contributed by atoms with van der Waals surface area (Å²) in [4.78, 5) is 20.7. The van der Waals surface area contributed by atoms with E-state index < -0.39 is 0 Å². The summed E-state index contributed by atoms with van der Waals surface area (Å²) >= 11 is 0. The van der Waals surface area contributed by atoms with Gasteiger partial charge in [0.1, 0.15) is 29.3 Å². The highest BCUT2D eigenvalue weighted by Crippen LogP contribution is 2.27. The third kappa shape index (κ3) is 5.44. The Labute approximate surface area is 170 Å². The van der Waals surface area contributed by atoms with Gasteiger partial charge in [0.15, 0.2) is 0 Å². The van der Waals surface area contributed by atoms with Crippen LogP contribution >= 0.6 is 0 Å². The maximum Gasteiger partial charge on any atom is 0.270 e. The third-order valence-electron chi connectivity index (χ3n) is 4.38. The molecular weight excluding hydrogens is 368 g/mol. The number of aryl methyl sites for hydroxylation is 1. The Morgan fingerprint density at radius 2 is 1.79 bits per heavy atom. The molecule has 29 heavy (non-hydrogen) atoms. The SMILES string of the molecule is COc1ccc(CCNC(=O)c2cc(Nc3cc(C)ccc3OC)ncn2)cc1. The van der Waals surface area contributed by atoms with Crippen molar-refractivity contribution in [2.75, 3.05) is 26.1 Å². The molecule has 0 radical (unpaired) electrons. The number of aromatic nitrogens is 2. The summed E-state index contributed by atoms with van der Waals surface area (Å²) in [6.07, 6.45) is 2.08. The minimum absolute atomic E-state index is 0.250. The predicted molar refractivity (Wildman–Crippen MR) is 112 cm³/mol. The molecule has 0 fully saturated rings. The van der Waals surface area contributed by atoms with Crippen molar-refractivity contribution in [2.24, 2.45) is 0 Å². The molecule has 7 heteroatoms. The molecule has 0 aliphatic rings. The molecule has 3 rings (SSSR count). The number of hydrogen-bond donors (Lipinski definition) is 2. The Balaban J connectivity index is 1.61. The summed E-state index contributed by atoms with van der Waals surface area (Å²) in [5.41, 5.74) is 3.27. The number of nitrogens with one attached hydrogen (secondary N) is 2. The molecule has 0 atom stereocenters. The average molecular weight is 392 g/mol. The molecule has 3 aromatic rings. The van der Waals surface area contributed by atoms with Gasteiger partial charge in [-0.05, 0) is 48.7 Å². The molecule has 0 bridgehead atoms. The van der Waals surface area contributed by atoms with Gasteiger partial charge in [0.25, 0.3) is 5.91 Å². The van der Waals surface area contributed by atoms with Gasteiger partial charge in [0.05, 0.1) is 19.9 Å². The zero-order valence-corrected chi connectivity index (χ0v) is 16.7. The zero-order valence-electron chi connectivity index (χ0n) is 16.7. The van der Waals surface area contributed by atoms with Crippen molar-refractivity contribution < 1.29 is 14.3 Å². The summed E-state index contributed by atoms with van der Waals surface area (Å²) in [6, 6.07) is 15.2. The number of nitrogens with zero attached hydrogens (tertiary/aromatic N) is 2. The Hall–Kier alpha value is -3.61. The summed E-state index contributed by atoms with van der Waals surface area (Å²) < 4.78 is 10.5. The number of hydrogen-bond acceptors (Lipinski definition) is 6. The molecule has 1 aromatic heterocycles. The van der Waals surface area contributed by atoms with Crippen LogP contribution in [0.4, 0.5) is 11.5 Å². The molecule has 150 valence electrons. The third-order valence-corrected chi connectivity index (χ3v) is 4.38. The number of ether oxygens (including phenoxy) is 2. The highest BCUT2D eigenvalue weighted by molar-refractivity contribution is 5.93. The second-order valence-electron chi connectivity index (χ2n) is 6.47. The van der Waals surface area contributed by atoms with Gasteiger partial charge in [-0.3, -0.25) is 4.79 Å². The van der Waals surface area contributed by atoms with E-state index in [1.54, 1.807) is 20.3 Å². The number of benzene rings is 2. The van der Waals surface area contributed by atoms with Crippen LogP contribution in [0.25, 0.3) is 0 Å². The van der Waals surface area contributed by atoms with Gasteiger partial charge in [-0.15, -0.1) is 0 Å². The van der Waals surface area contributed by atoms with Crippen LogP contribution in [-0.4, -0.2) is 36.6 Å². The van der Waals surface area contributed by atoms with Gasteiger partial charge in [0.2, 0.25) is 0 Å². The molecule has 0 spiro atoms. The lowest BCUT2D eigenvalue weighted by Gasteiger charge is -2.12. The van der Waals surface area contributed by atoms with Gasteiger partial charge in [-0.1, -0.05) is 18.2 Å². The molecule has 2 aromatic carbocycles. The van der Waals surface area contributed by atoms with Crippen molar-refractivity contribution in [3.8, 4) is 11.5 Å². The quantitative estimate of drug-likeness (QED) is 0.610. The number of rotatable bonds is 8. The Bertz CT molecular complexity index is 974. The lowest BCUT2D eigenvalue weighted by atomic mass is 10.1. The fourth-order valence-corrected chi connectivity index (χ4v) is 2.81. The second-order valence-corrected chi connectivity index (χ2v) is 6.47. The van der Waals surface area contributed by atoms with Crippen molar-refractivity contribution >= 4 is 17.4 Å². The van der Waals surface area contributed by atoms with E-state index in [1.165, 1.54) is 6.33 Å². The predicted octanol–water partition coefficient (Wildman–Crippen LogP) is 3.52. The summed E-state index contributed by atoms with van der Waals surface area (Å²) in [5.74, 6) is 1.77. The van der Waals surface area contributed by atoms with Crippen molar-refractivity contribution in [2.45, 2.75) is 13.3 Å². The molecule has 0 aliphatic carbocycles. The fourth-order valence-electron chi connectivity index (χ4n) is 2.81. The average Bonchev–Trinajstić information content (AvgIpc) is 2.74. The Morgan fingerprint density at radius 1 is 1.00 bits per heavy atom. The minimum Gasteiger partial charge on any atom is -0.497 e. The molecule has 1 amide bonds. The molecule has 0 unspecified atom stereocenters. The first-order chi connectivity index (χ1) is 14.1. The first kappa shape index (κ1) is 20.1. The largest absolute Gasteiger partial charge is 0.497 e. The van der Waals surface area contributed by atoms with Gasteiger partial charge < -0.3 is 20.1 Å². The molecule has 0 saturated heterocycles. The van der Waals surface area contributed by atoms with Crippen LogP contribution in [0.5, 0.6) is 11.5 Å². The second kappa shape index (κ2) is 9.54. The van der Waals surface area contributed by atoms with E-state index in [0.29, 0.717) is 30.2 Å². The number of carbonyl (C=O) groups excluding carboxylic acids is 1. The van der Waals surface area contributed by atoms with Crippen LogP contribution in [-0.2, 0) is 6.42 Å². The van der Waals surface area contributed by atoms with Crippen LogP contribution in [0.2, 0.25) is 0 Å². The molecule has 0 saturated carbocycles. The summed E-state index contributed by atoms with van der Waals surface area (Å²) in [7, 11) is 3.24. The van der Waals surface area contributed by atoms with E-state index >= 15 is 0 Å². The van der Waals surface area contributed by atoms with Crippen molar-refractivity contribution in [3.05, 3.63) is 71.7 Å². The topological polar surface area (TPSA) is 85.4 Å². The lowest BCUT2D eigenvalue weighted by molar-refractivity contribution is 0.0949. The number of anilines is 2. The van der Waals surface area contributed by atoms with Crippen LogP contribution in [0, 0.1) is 6.92 Å². The number of methoxy groups -OCH3 is 2. The first-order valence-electron chi connectivity index (χ1n) is 9.24. The lowest BCUT2D eigenvalue weighted by Crippen LogP contribution is -2.26. The van der Waals surface area contributed by atoms with Crippen LogP contribution in [0.15, 0.2) is 54.9 Å². The van der Waals surface area contributed by atoms with Crippen LogP contribution in [0.3, 0.4) is 0 Å². The van der Waals surface area contributed by atoms with E-state index in [-0.39, 0.29) is 5.91 Å². The molecule has 0 aliphatic heterocycles. The Morgan fingerprint density at radius 3 is 2.52 bits per heavy atom. The van der Waals surface area contributed by atoms with Crippen molar-refractivity contribution in [1.82, 2.24) is 15.3 Å². The summed E-state index contributed by atoms with van der Waals surface area (Å²) in [6.45, 7) is 2.50. The van der Waals surface area contributed by atoms with E-state index in [2.05, 4.69) is 20.6 Å². The molecule has 1 heterocycles. The van der Waals surface area contributed by atoms with Gasteiger partial charge >= 0.3 is 0 Å². The van der Waals surface area contributed by atoms with E-state index in [1.807, 2.05) is 49.4 Å². The Kier molecular flexibility index (Phi) is 6.63. The zero-order chi connectivity index (χ0) is 20.6.